The van der Waals surface area contributed by atoms with Crippen LogP contribution in [-0.4, -0.2) is 41.0 Å². The minimum Gasteiger partial charge on any atom is -0.507 e. The van der Waals surface area contributed by atoms with Crippen molar-refractivity contribution in [1.82, 2.24) is 0 Å². The first-order valence-electron chi connectivity index (χ1n) is 8.50. The normalized spacial score (nSPS) is 28.0. The van der Waals surface area contributed by atoms with Crippen molar-refractivity contribution >= 4 is 17.5 Å². The highest BCUT2D eigenvalue weighted by Gasteiger charge is 2.55. The number of ketones is 2. The molecule has 1 aromatic rings. The highest BCUT2D eigenvalue weighted by molar-refractivity contribution is 6.29. The molecule has 0 saturated carbocycles. The van der Waals surface area contributed by atoms with Gasteiger partial charge in [-0.1, -0.05) is 17.7 Å². The summed E-state index contributed by atoms with van der Waals surface area (Å²) < 4.78 is 10.9. The number of carbonyl (C=O) groups is 3. The molecule has 0 aromatic heterocycles. The lowest BCUT2D eigenvalue weighted by Crippen LogP contribution is -2.45. The van der Waals surface area contributed by atoms with Gasteiger partial charge in [-0.05, 0) is 38.8 Å². The van der Waals surface area contributed by atoms with Gasteiger partial charge in [-0.15, -0.1) is 0 Å². The first-order valence-corrected chi connectivity index (χ1v) is 8.50. The van der Waals surface area contributed by atoms with E-state index in [0.717, 1.165) is 5.57 Å². The lowest BCUT2D eigenvalue weighted by atomic mass is 9.73. The quantitative estimate of drug-likeness (QED) is 0.498. The number of rotatable bonds is 2. The average Bonchev–Trinajstić information content (AvgIpc) is 2.86. The highest BCUT2D eigenvalue weighted by atomic mass is 16.6. The topological polar surface area (TPSA) is 89.9 Å². The fourth-order valence-electron chi connectivity index (χ4n) is 3.89. The minimum atomic E-state index is -1.48. The average molecular weight is 354 g/mol. The number of benzene rings is 1. The molecular formula is C20H18O6. The Bertz CT molecular complexity index is 922. The Morgan fingerprint density at radius 2 is 2.00 bits per heavy atom. The number of Topliss-reactive ketones (excluding diaryl/α,β-unsaturated/α-hetero) is 2. The van der Waals surface area contributed by atoms with Gasteiger partial charge in [0.25, 0.3) is 0 Å². The van der Waals surface area contributed by atoms with Crippen molar-refractivity contribution < 1.29 is 29.0 Å². The van der Waals surface area contributed by atoms with Crippen LogP contribution >= 0.6 is 0 Å². The molecule has 1 aliphatic carbocycles. The van der Waals surface area contributed by atoms with Gasteiger partial charge in [-0.2, -0.15) is 0 Å². The smallest absolute Gasteiger partial charge is 0.343 e. The zero-order valence-corrected chi connectivity index (χ0v) is 14.5. The third-order valence-corrected chi connectivity index (χ3v) is 5.32. The molecule has 6 heteroatoms. The van der Waals surface area contributed by atoms with Gasteiger partial charge < -0.3 is 14.6 Å². The van der Waals surface area contributed by atoms with Crippen molar-refractivity contribution in [3.05, 3.63) is 52.1 Å². The molecule has 2 aliphatic heterocycles. The zero-order valence-electron chi connectivity index (χ0n) is 14.5. The molecule has 0 bridgehead atoms. The molecule has 6 nitrogen and oxygen atoms in total. The maximum Gasteiger partial charge on any atom is 0.343 e. The van der Waals surface area contributed by atoms with Crippen LogP contribution in [0.1, 0.15) is 37.0 Å². The van der Waals surface area contributed by atoms with Gasteiger partial charge in [-0.3, -0.25) is 9.59 Å². The summed E-state index contributed by atoms with van der Waals surface area (Å²) in [6.45, 7) is 3.63. The molecule has 0 spiro atoms. The van der Waals surface area contributed by atoms with Gasteiger partial charge in [0.1, 0.15) is 11.3 Å². The summed E-state index contributed by atoms with van der Waals surface area (Å²) in [6.07, 6.45) is 0.875. The van der Waals surface area contributed by atoms with Gasteiger partial charge in [0, 0.05) is 11.1 Å². The van der Waals surface area contributed by atoms with Crippen LogP contribution in [0.3, 0.4) is 0 Å². The second kappa shape index (κ2) is 5.64. The van der Waals surface area contributed by atoms with Crippen LogP contribution in [-0.2, 0) is 19.1 Å². The fourth-order valence-corrected chi connectivity index (χ4v) is 3.89. The van der Waals surface area contributed by atoms with E-state index in [9.17, 15) is 19.5 Å². The Hall–Kier alpha value is -2.73. The summed E-state index contributed by atoms with van der Waals surface area (Å²) >= 11 is 0. The number of phenols is 1. The lowest BCUT2D eigenvalue weighted by Gasteiger charge is -2.36. The van der Waals surface area contributed by atoms with Crippen LogP contribution in [0.4, 0.5) is 0 Å². The van der Waals surface area contributed by atoms with Crippen molar-refractivity contribution in [2.45, 2.75) is 38.4 Å². The van der Waals surface area contributed by atoms with Crippen molar-refractivity contribution in [1.29, 1.82) is 0 Å². The number of phenolic OH excluding ortho intramolecular Hbond substituents is 1. The molecule has 0 fully saturated rings. The lowest BCUT2D eigenvalue weighted by molar-refractivity contribution is -0.153. The number of hydrogen-bond donors (Lipinski definition) is 1. The molecule has 26 heavy (non-hydrogen) atoms. The maximum absolute atomic E-state index is 13.0. The van der Waals surface area contributed by atoms with E-state index in [-0.39, 0.29) is 35.4 Å². The number of fused-ring (bicyclic) bond motifs is 1. The minimum absolute atomic E-state index is 0.0174. The van der Waals surface area contributed by atoms with E-state index in [2.05, 4.69) is 0 Å². The molecule has 3 aliphatic rings. The van der Waals surface area contributed by atoms with Crippen LogP contribution in [0.2, 0.25) is 0 Å². The molecule has 0 radical (unpaired) electrons. The molecule has 1 N–H and O–H groups in total. The summed E-state index contributed by atoms with van der Waals surface area (Å²) in [5.74, 6) is -1.98. The van der Waals surface area contributed by atoms with Crippen molar-refractivity contribution in [2.75, 3.05) is 6.61 Å². The molecule has 4 rings (SSSR count). The number of hydrogen-bond acceptors (Lipinski definition) is 6. The molecule has 2 unspecified atom stereocenters. The summed E-state index contributed by atoms with van der Waals surface area (Å²) in [5, 5.41) is 9.97. The molecule has 0 saturated heterocycles. The third kappa shape index (κ3) is 2.25. The maximum atomic E-state index is 13.0. The van der Waals surface area contributed by atoms with Crippen molar-refractivity contribution in [3.8, 4) is 5.75 Å². The van der Waals surface area contributed by atoms with E-state index >= 15 is 0 Å². The first kappa shape index (κ1) is 16.7. The SMILES string of the molecule is CC1CC2=C(CO1)C(=O)C1(C)OC(=O)C(C(=O)c3ccccc3O)=C1C2. The summed E-state index contributed by atoms with van der Waals surface area (Å²) in [4.78, 5) is 38.4. The van der Waals surface area contributed by atoms with E-state index in [1.807, 2.05) is 6.92 Å². The summed E-state index contributed by atoms with van der Waals surface area (Å²) in [5.41, 5.74) is 0.209. The predicted molar refractivity (Wildman–Crippen MR) is 90.6 cm³/mol. The van der Waals surface area contributed by atoms with Gasteiger partial charge in [0.2, 0.25) is 11.6 Å². The van der Waals surface area contributed by atoms with E-state index in [4.69, 9.17) is 9.47 Å². The van der Waals surface area contributed by atoms with Crippen molar-refractivity contribution in [3.63, 3.8) is 0 Å². The number of esters is 1. The number of ether oxygens (including phenoxy) is 2. The molecule has 2 heterocycles. The monoisotopic (exact) mass is 354 g/mol. The number of aromatic hydroxyl groups is 1. The second-order valence-electron chi connectivity index (χ2n) is 7.04. The summed E-state index contributed by atoms with van der Waals surface area (Å²) in [7, 11) is 0. The Morgan fingerprint density at radius 1 is 1.27 bits per heavy atom. The highest BCUT2D eigenvalue weighted by Crippen LogP contribution is 2.46. The second-order valence-corrected chi connectivity index (χ2v) is 7.04. The van der Waals surface area contributed by atoms with Gasteiger partial charge in [0.05, 0.1) is 18.3 Å². The molecular weight excluding hydrogens is 336 g/mol. The van der Waals surface area contributed by atoms with Crippen LogP contribution in [0.5, 0.6) is 5.75 Å². The Balaban J connectivity index is 1.85. The van der Waals surface area contributed by atoms with E-state index in [1.165, 1.54) is 19.1 Å². The Morgan fingerprint density at radius 3 is 2.73 bits per heavy atom. The third-order valence-electron chi connectivity index (χ3n) is 5.32. The van der Waals surface area contributed by atoms with E-state index in [1.54, 1.807) is 12.1 Å². The molecule has 1 aromatic carbocycles. The van der Waals surface area contributed by atoms with Crippen LogP contribution in [0.25, 0.3) is 0 Å². The Labute approximate surface area is 150 Å². The fraction of sp³-hybridized carbons (Fsp3) is 0.350. The standard InChI is InChI=1S/C20H18O6/c1-10-7-11-8-14-16(17(22)12-5-3-4-6-15(12)21)19(24)26-20(14,2)18(23)13(11)9-25-10/h3-6,10,21H,7-9H2,1-2H3. The van der Waals surface area contributed by atoms with Gasteiger partial charge in [-0.25, -0.2) is 4.79 Å². The van der Waals surface area contributed by atoms with Gasteiger partial charge in [0.15, 0.2) is 5.60 Å². The Kier molecular flexibility index (Phi) is 3.63. The molecule has 2 atom stereocenters. The first-order chi connectivity index (χ1) is 12.3. The molecule has 134 valence electrons. The predicted octanol–water partition coefficient (Wildman–Crippen LogP) is 2.27. The summed E-state index contributed by atoms with van der Waals surface area (Å²) in [6, 6.07) is 6.01. The van der Waals surface area contributed by atoms with Crippen molar-refractivity contribution in [2.24, 2.45) is 0 Å². The number of para-hydroxylation sites is 1. The van der Waals surface area contributed by atoms with E-state index < -0.39 is 17.4 Å². The van der Waals surface area contributed by atoms with Gasteiger partial charge >= 0.3 is 5.97 Å². The van der Waals surface area contributed by atoms with Crippen LogP contribution < -0.4 is 0 Å². The number of carbonyl (C=O) groups excluding carboxylic acids is 3. The van der Waals surface area contributed by atoms with Crippen LogP contribution in [0.15, 0.2) is 46.6 Å². The zero-order chi connectivity index (χ0) is 18.6. The van der Waals surface area contributed by atoms with Crippen LogP contribution in [0, 0.1) is 0 Å². The molecule has 0 amide bonds. The van der Waals surface area contributed by atoms with E-state index in [0.29, 0.717) is 24.0 Å². The largest absolute Gasteiger partial charge is 0.507 e.